The minimum Gasteiger partial charge on any atom is -0.476 e. The normalized spacial score (nSPS) is 17.5. The molecule has 1 aliphatic heterocycles. The van der Waals surface area contributed by atoms with Crippen LogP contribution in [0.15, 0.2) is 36.4 Å². The van der Waals surface area contributed by atoms with Gasteiger partial charge in [-0.25, -0.2) is 8.42 Å². The summed E-state index contributed by atoms with van der Waals surface area (Å²) in [6, 6.07) is 11.1. The Morgan fingerprint density at radius 1 is 1.14 bits per heavy atom. The van der Waals surface area contributed by atoms with Crippen LogP contribution in [0.1, 0.15) is 35.2 Å². The second-order valence-corrected chi connectivity index (χ2v) is 9.35. The van der Waals surface area contributed by atoms with Crippen molar-refractivity contribution in [2.24, 2.45) is 0 Å². The Kier molecular flexibility index (Phi) is 5.39. The molecule has 0 radical (unpaired) electrons. The Hall–Kier alpha value is -2.54. The molecule has 0 bridgehead atoms. The fraction of sp³-hybridized carbons (Fsp3) is 0.381. The second-order valence-electron chi connectivity index (χ2n) is 7.45. The first-order valence-electron chi connectivity index (χ1n) is 9.19. The lowest BCUT2D eigenvalue weighted by Crippen LogP contribution is -2.50. The van der Waals surface area contributed by atoms with Crippen LogP contribution in [-0.4, -0.2) is 33.2 Å². The first kappa shape index (κ1) is 20.2. The largest absolute Gasteiger partial charge is 0.476 e. The molecule has 0 aliphatic carbocycles. The van der Waals surface area contributed by atoms with Crippen LogP contribution in [0.25, 0.3) is 0 Å². The molecule has 0 aromatic heterocycles. The molecule has 1 N–H and O–H groups in total. The molecule has 150 valence electrons. The zero-order chi connectivity index (χ0) is 20.6. The average Bonchev–Trinajstić information content (AvgIpc) is 2.62. The van der Waals surface area contributed by atoms with E-state index >= 15 is 0 Å². The maximum Gasteiger partial charge on any atom is 0.263 e. The molecular weight excluding hydrogens is 376 g/mol. The molecule has 0 fully saturated rings. The number of nitrogens with zero attached hydrogens (tertiary/aromatic N) is 1. The Morgan fingerprint density at radius 3 is 2.50 bits per heavy atom. The fourth-order valence-corrected chi connectivity index (χ4v) is 4.14. The number of amides is 1. The van der Waals surface area contributed by atoms with Crippen LogP contribution < -0.4 is 14.4 Å². The minimum atomic E-state index is -3.54. The number of benzene rings is 2. The molecule has 0 spiro atoms. The molecule has 6 nitrogen and oxygen atoms in total. The number of ether oxygens (including phenoxy) is 1. The summed E-state index contributed by atoms with van der Waals surface area (Å²) in [6.07, 6.45) is 0.218. The lowest BCUT2D eigenvalue weighted by atomic mass is 10.0. The molecule has 2 atom stereocenters. The molecule has 0 unspecified atom stereocenters. The van der Waals surface area contributed by atoms with Crippen molar-refractivity contribution in [3.05, 3.63) is 58.7 Å². The third kappa shape index (κ3) is 4.14. The summed E-state index contributed by atoms with van der Waals surface area (Å²) in [4.78, 5) is 12.8. The van der Waals surface area contributed by atoms with Crippen LogP contribution in [0.2, 0.25) is 0 Å². The van der Waals surface area contributed by atoms with Gasteiger partial charge in [0.2, 0.25) is 10.0 Å². The zero-order valence-electron chi connectivity index (χ0n) is 16.8. The number of nitrogens with one attached hydrogen (secondary N) is 1. The van der Waals surface area contributed by atoms with Crippen LogP contribution in [0.5, 0.6) is 5.75 Å². The van der Waals surface area contributed by atoms with Gasteiger partial charge in [-0.2, -0.15) is 0 Å². The summed E-state index contributed by atoms with van der Waals surface area (Å²) in [5.74, 6) is 0.0480. The second kappa shape index (κ2) is 7.47. The van der Waals surface area contributed by atoms with Crippen LogP contribution >= 0.6 is 0 Å². The minimum absolute atomic E-state index is 0.0548. The van der Waals surface area contributed by atoms with E-state index in [-0.39, 0.29) is 18.5 Å². The molecular formula is C21H26N2O4S. The molecule has 1 heterocycles. The highest BCUT2D eigenvalue weighted by atomic mass is 32.2. The monoisotopic (exact) mass is 402 g/mol. The fourth-order valence-electron chi connectivity index (χ4n) is 3.24. The molecule has 1 aliphatic rings. The van der Waals surface area contributed by atoms with Crippen LogP contribution in [0, 0.1) is 20.8 Å². The van der Waals surface area contributed by atoms with Gasteiger partial charge in [0, 0.05) is 0 Å². The SMILES string of the molecule is Cc1ccc2c(c1)N(S(C)(=O)=O)C[C@H](C(=O)N[C@H](C)c1ccc(C)c(C)c1)O2. The van der Waals surface area contributed by atoms with Crippen molar-refractivity contribution >= 4 is 21.6 Å². The Bertz CT molecular complexity index is 1020. The van der Waals surface area contributed by atoms with Crippen molar-refractivity contribution < 1.29 is 17.9 Å². The first-order chi connectivity index (χ1) is 13.1. The average molecular weight is 403 g/mol. The molecule has 28 heavy (non-hydrogen) atoms. The smallest absolute Gasteiger partial charge is 0.263 e. The van der Waals surface area contributed by atoms with E-state index in [9.17, 15) is 13.2 Å². The highest BCUT2D eigenvalue weighted by molar-refractivity contribution is 7.92. The molecule has 0 saturated carbocycles. The molecule has 2 aromatic rings. The van der Waals surface area contributed by atoms with Crippen molar-refractivity contribution in [3.63, 3.8) is 0 Å². The van der Waals surface area contributed by atoms with Crippen molar-refractivity contribution in [1.82, 2.24) is 5.32 Å². The summed E-state index contributed by atoms with van der Waals surface area (Å²) in [5, 5.41) is 2.94. The zero-order valence-corrected chi connectivity index (χ0v) is 17.6. The predicted octanol–water partition coefficient (Wildman–Crippen LogP) is 3.02. The number of hydrogen-bond donors (Lipinski definition) is 1. The highest BCUT2D eigenvalue weighted by Gasteiger charge is 2.35. The predicted molar refractivity (Wildman–Crippen MR) is 110 cm³/mol. The number of fused-ring (bicyclic) bond motifs is 1. The highest BCUT2D eigenvalue weighted by Crippen LogP contribution is 2.35. The van der Waals surface area contributed by atoms with Gasteiger partial charge < -0.3 is 10.1 Å². The number of aryl methyl sites for hydroxylation is 3. The summed E-state index contributed by atoms with van der Waals surface area (Å²) in [6.45, 7) is 7.79. The number of sulfonamides is 1. The van der Waals surface area contributed by atoms with Gasteiger partial charge in [0.25, 0.3) is 5.91 Å². The van der Waals surface area contributed by atoms with E-state index in [1.165, 1.54) is 9.87 Å². The van der Waals surface area contributed by atoms with E-state index in [0.29, 0.717) is 11.4 Å². The summed E-state index contributed by atoms with van der Waals surface area (Å²) < 4.78 is 31.6. The number of carbonyl (C=O) groups excluding carboxylic acids is 1. The topological polar surface area (TPSA) is 75.7 Å². The molecule has 7 heteroatoms. The number of rotatable bonds is 4. The van der Waals surface area contributed by atoms with Gasteiger partial charge in [-0.1, -0.05) is 24.3 Å². The van der Waals surface area contributed by atoms with Crippen molar-refractivity contribution in [2.45, 2.75) is 39.8 Å². The molecule has 2 aromatic carbocycles. The van der Waals surface area contributed by atoms with E-state index in [1.54, 1.807) is 12.1 Å². The lowest BCUT2D eigenvalue weighted by molar-refractivity contribution is -0.128. The maximum absolute atomic E-state index is 12.8. The standard InChI is InChI=1S/C21H26N2O4S/c1-13-6-9-19-18(10-13)23(28(5,25)26)12-20(27-19)21(24)22-16(4)17-8-7-14(2)15(3)11-17/h6-11,16,20H,12H2,1-5H3,(H,22,24)/t16-,20-/m1/s1. The number of hydrogen-bond acceptors (Lipinski definition) is 4. The van der Waals surface area contributed by atoms with Gasteiger partial charge in [0.1, 0.15) is 5.75 Å². The summed E-state index contributed by atoms with van der Waals surface area (Å²) >= 11 is 0. The van der Waals surface area contributed by atoms with Gasteiger partial charge in [0.15, 0.2) is 6.10 Å². The molecule has 3 rings (SSSR count). The van der Waals surface area contributed by atoms with Crippen molar-refractivity contribution in [3.8, 4) is 5.75 Å². The van der Waals surface area contributed by atoms with Gasteiger partial charge in [-0.15, -0.1) is 0 Å². The maximum atomic E-state index is 12.8. The van der Waals surface area contributed by atoms with Crippen molar-refractivity contribution in [1.29, 1.82) is 0 Å². The lowest BCUT2D eigenvalue weighted by Gasteiger charge is -2.34. The van der Waals surface area contributed by atoms with Crippen LogP contribution in [-0.2, 0) is 14.8 Å². The molecule has 1 amide bonds. The van der Waals surface area contributed by atoms with Crippen molar-refractivity contribution in [2.75, 3.05) is 17.1 Å². The Morgan fingerprint density at radius 2 is 1.86 bits per heavy atom. The first-order valence-corrected chi connectivity index (χ1v) is 11.0. The van der Waals surface area contributed by atoms with Crippen LogP contribution in [0.3, 0.4) is 0 Å². The summed E-state index contributed by atoms with van der Waals surface area (Å²) in [7, 11) is -3.54. The van der Waals surface area contributed by atoms with E-state index in [0.717, 1.165) is 22.9 Å². The van der Waals surface area contributed by atoms with E-state index in [4.69, 9.17) is 4.74 Å². The number of carbonyl (C=O) groups is 1. The number of anilines is 1. The molecule has 0 saturated heterocycles. The van der Waals surface area contributed by atoms with Gasteiger partial charge >= 0.3 is 0 Å². The Labute approximate surface area is 166 Å². The summed E-state index contributed by atoms with van der Waals surface area (Å²) in [5.41, 5.74) is 4.72. The van der Waals surface area contributed by atoms with Gasteiger partial charge in [-0.3, -0.25) is 9.10 Å². The van der Waals surface area contributed by atoms with E-state index < -0.39 is 16.1 Å². The Balaban J connectivity index is 1.82. The van der Waals surface area contributed by atoms with Crippen LogP contribution in [0.4, 0.5) is 5.69 Å². The van der Waals surface area contributed by atoms with E-state index in [2.05, 4.69) is 5.32 Å². The third-order valence-electron chi connectivity index (χ3n) is 5.07. The quantitative estimate of drug-likeness (QED) is 0.853. The van der Waals surface area contributed by atoms with Gasteiger partial charge in [-0.05, 0) is 62.1 Å². The van der Waals surface area contributed by atoms with Gasteiger partial charge in [0.05, 0.1) is 24.5 Å². The van der Waals surface area contributed by atoms with E-state index in [1.807, 2.05) is 52.0 Å². The third-order valence-corrected chi connectivity index (χ3v) is 6.21.